The quantitative estimate of drug-likeness (QED) is 0.102. The molecule has 0 unspecified atom stereocenters. The van der Waals surface area contributed by atoms with Crippen molar-refractivity contribution in [1.29, 1.82) is 0 Å². The molecule has 7 aromatic rings. The Hall–Kier alpha value is -5.41. The van der Waals surface area contributed by atoms with Gasteiger partial charge in [0, 0.05) is 34.4 Å². The fourth-order valence-electron chi connectivity index (χ4n) is 12.1. The highest BCUT2D eigenvalue weighted by Gasteiger charge is 2.38. The summed E-state index contributed by atoms with van der Waals surface area (Å²) in [6.45, 7) is 21.0. The maximum atomic E-state index is 7.00. The van der Waals surface area contributed by atoms with Crippen molar-refractivity contribution in [3.8, 4) is 0 Å². The average Bonchev–Trinajstić information content (AvgIpc) is 3.56. The van der Waals surface area contributed by atoms with E-state index in [1.54, 1.807) is 51.4 Å². The van der Waals surface area contributed by atoms with Gasteiger partial charge in [-0.3, -0.25) is 0 Å². The van der Waals surface area contributed by atoms with E-state index in [9.17, 15) is 0 Å². The highest BCUT2D eigenvalue weighted by Crippen LogP contribution is 2.52. The number of nitrogens with zero attached hydrogens (tertiary/aromatic N) is 3. The minimum atomic E-state index is 0.631. The number of fused-ring (bicyclic) bond motifs is 3. The van der Waals surface area contributed by atoms with E-state index in [0.717, 1.165) is 74.7 Å². The van der Waals surface area contributed by atoms with Crippen molar-refractivity contribution in [3.63, 3.8) is 0 Å². The summed E-state index contributed by atoms with van der Waals surface area (Å²) in [7, 11) is 3.00. The lowest BCUT2D eigenvalue weighted by Gasteiger charge is -2.45. The summed E-state index contributed by atoms with van der Waals surface area (Å²) in [6, 6.07) is 50.1. The maximum absolute atomic E-state index is 7.00. The van der Waals surface area contributed by atoms with Crippen molar-refractivity contribution in [2.24, 2.45) is 34.5 Å². The van der Waals surface area contributed by atoms with Gasteiger partial charge in [0.25, 0.3) is 0 Å². The molecule has 0 aliphatic heterocycles. The van der Waals surface area contributed by atoms with Crippen LogP contribution in [0.3, 0.4) is 0 Å². The molecule has 1 aromatic heterocycles. The number of nitrogens with one attached hydrogen (secondary N) is 2. The van der Waals surface area contributed by atoms with Crippen LogP contribution in [-0.2, 0) is 0 Å². The van der Waals surface area contributed by atoms with Crippen LogP contribution in [0.1, 0.15) is 190 Å². The van der Waals surface area contributed by atoms with E-state index < -0.39 is 0 Å². The van der Waals surface area contributed by atoms with Crippen LogP contribution in [0.2, 0.25) is 0 Å². The fraction of sp³-hybridized carbons (Fsp3) is 0.548. The topological polar surface area (TPSA) is 123 Å². The minimum Gasteiger partial charge on any atom is -0.400 e. The van der Waals surface area contributed by atoms with Crippen LogP contribution in [0.25, 0.3) is 32.3 Å². The number of anilines is 2. The first kappa shape index (κ1) is 71.7. The molecule has 0 bridgehead atoms. The Kier molecular flexibility index (Phi) is 38.3. The molecule has 0 atom stereocenters. The van der Waals surface area contributed by atoms with Crippen molar-refractivity contribution < 1.29 is 15.3 Å². The molecule has 4 fully saturated rings. The summed E-state index contributed by atoms with van der Waals surface area (Å²) < 4.78 is 0. The Morgan fingerprint density at radius 1 is 0.333 bits per heavy atom. The Morgan fingerprint density at radius 3 is 0.654 bits per heavy atom. The first-order chi connectivity index (χ1) is 39.7. The second kappa shape index (κ2) is 43.3. The average molecular weight is 1110 g/mol. The van der Waals surface area contributed by atoms with E-state index in [4.69, 9.17) is 15.3 Å². The molecule has 448 valence electrons. The molecule has 4 saturated carbocycles. The predicted molar refractivity (Wildman–Crippen MR) is 354 cm³/mol. The second-order valence-electron chi connectivity index (χ2n) is 22.0. The van der Waals surface area contributed by atoms with Gasteiger partial charge in [-0.25, -0.2) is 0 Å². The third-order valence-electron chi connectivity index (χ3n) is 17.4. The lowest BCUT2D eigenvalue weighted by molar-refractivity contribution is 0.0738. The van der Waals surface area contributed by atoms with E-state index in [1.165, 1.54) is 109 Å². The molecule has 11 rings (SSSR count). The van der Waals surface area contributed by atoms with Gasteiger partial charge in [0.05, 0.1) is 0 Å². The molecule has 4 aliphatic rings. The smallest absolute Gasteiger partial charge is 0.227 e. The van der Waals surface area contributed by atoms with E-state index in [0.29, 0.717) is 11.9 Å². The summed E-state index contributed by atoms with van der Waals surface area (Å²) in [6.07, 6.45) is 30.4. The third kappa shape index (κ3) is 26.2. The summed E-state index contributed by atoms with van der Waals surface area (Å²) in [5, 5.41) is 35.0. The van der Waals surface area contributed by atoms with Crippen molar-refractivity contribution in [1.82, 2.24) is 15.0 Å². The summed E-state index contributed by atoms with van der Waals surface area (Å²) >= 11 is 0. The van der Waals surface area contributed by atoms with E-state index in [2.05, 4.69) is 199 Å². The summed E-state index contributed by atoms with van der Waals surface area (Å²) in [5.41, 5.74) is 1.63. The molecule has 5 N–H and O–H groups in total. The van der Waals surface area contributed by atoms with Crippen molar-refractivity contribution in [2.75, 3.05) is 45.1 Å². The Labute approximate surface area is 493 Å². The van der Waals surface area contributed by atoms with Gasteiger partial charge in [-0.1, -0.05) is 213 Å². The number of aryl methyl sites for hydroxylation is 1. The molecule has 1 heterocycles. The fourth-order valence-corrected chi connectivity index (χ4v) is 12.1. The standard InChI is InChI=1S/2C15H28.3C10H8.C8H15N5.C2H6.3CH4O/c2*1-3-13-5-9-15(10-6-13)11-7-14(4-2)8-12-15;3*1-2-6-10-8-4-3-7-9(10)5-1;1-4-9-7-11-6(3)12-8(13-7)10-5-2;4*1-2/h2*13-14H,3-12H2,1-2H3;3*1-8H;4-5H2,1-3H3,(H2,9,10,11,12,13);1-2H3;3*2H,1H3. The number of rotatable bonds is 8. The highest BCUT2D eigenvalue weighted by atomic mass is 16.2. The van der Waals surface area contributed by atoms with Crippen LogP contribution in [0.15, 0.2) is 146 Å². The number of hydrogen-bond donors (Lipinski definition) is 5. The SMILES string of the molecule is CC.CCC1CCC2(CC1)CCC(CC)CC2.CCC1CCC2(CC1)CCC(CC)CC2.CCNc1nc(C)nc(NCC)n1.CO.CO.CO.c1ccc2ccccc2c1.c1ccc2ccccc2c1.c1ccc2ccccc2c1. The molecular weight excluding hydrogens is 995 g/mol. The normalized spacial score (nSPS) is 21.1. The lowest BCUT2D eigenvalue weighted by Crippen LogP contribution is -2.31. The zero-order valence-electron chi connectivity index (χ0n) is 52.9. The van der Waals surface area contributed by atoms with Gasteiger partial charge in [0.2, 0.25) is 11.9 Å². The van der Waals surface area contributed by atoms with Crippen molar-refractivity contribution in [2.45, 2.75) is 191 Å². The van der Waals surface area contributed by atoms with Crippen LogP contribution >= 0.6 is 0 Å². The Balaban J connectivity index is 0.000000326. The largest absolute Gasteiger partial charge is 0.400 e. The van der Waals surface area contributed by atoms with Gasteiger partial charge in [-0.05, 0) is 190 Å². The van der Waals surface area contributed by atoms with Crippen LogP contribution in [-0.4, -0.2) is 64.7 Å². The first-order valence-electron chi connectivity index (χ1n) is 31.6. The summed E-state index contributed by atoms with van der Waals surface area (Å²) in [4.78, 5) is 12.4. The molecule has 0 amide bonds. The Bertz CT molecular complexity index is 2100. The van der Waals surface area contributed by atoms with Gasteiger partial charge < -0.3 is 26.0 Å². The second-order valence-corrected chi connectivity index (χ2v) is 22.0. The summed E-state index contributed by atoms with van der Waals surface area (Å²) in [5.74, 6) is 6.26. The zero-order chi connectivity index (χ0) is 59.6. The number of aliphatic hydroxyl groups is 3. The maximum Gasteiger partial charge on any atom is 0.227 e. The van der Waals surface area contributed by atoms with Crippen LogP contribution in [0.4, 0.5) is 11.9 Å². The number of aromatic nitrogens is 3. The molecule has 0 radical (unpaired) electrons. The molecule has 8 nitrogen and oxygen atoms in total. The molecule has 6 aromatic carbocycles. The van der Waals surface area contributed by atoms with E-state index in [-0.39, 0.29) is 0 Å². The molecule has 0 saturated heterocycles. The molecular formula is C73H113N5O3. The number of aliphatic hydroxyl groups excluding tert-OH is 3. The van der Waals surface area contributed by atoms with Gasteiger partial charge in [-0.15, -0.1) is 0 Å². The van der Waals surface area contributed by atoms with Crippen LogP contribution in [0, 0.1) is 41.4 Å². The molecule has 4 aliphatic carbocycles. The van der Waals surface area contributed by atoms with Crippen LogP contribution in [0.5, 0.6) is 0 Å². The Morgan fingerprint density at radius 2 is 0.506 bits per heavy atom. The van der Waals surface area contributed by atoms with Gasteiger partial charge in [-0.2, -0.15) is 15.0 Å². The van der Waals surface area contributed by atoms with E-state index >= 15 is 0 Å². The third-order valence-corrected chi connectivity index (χ3v) is 17.4. The van der Waals surface area contributed by atoms with Gasteiger partial charge in [0.15, 0.2) is 0 Å². The van der Waals surface area contributed by atoms with Gasteiger partial charge in [0.1, 0.15) is 5.82 Å². The zero-order valence-corrected chi connectivity index (χ0v) is 52.9. The first-order valence-corrected chi connectivity index (χ1v) is 31.6. The van der Waals surface area contributed by atoms with Crippen molar-refractivity contribution in [3.05, 3.63) is 151 Å². The highest BCUT2D eigenvalue weighted by molar-refractivity contribution is 5.83. The number of benzene rings is 6. The predicted octanol–water partition coefficient (Wildman–Crippen LogP) is 19.8. The lowest BCUT2D eigenvalue weighted by atomic mass is 9.61. The molecule has 81 heavy (non-hydrogen) atoms. The monoisotopic (exact) mass is 1110 g/mol. The van der Waals surface area contributed by atoms with E-state index in [1.807, 2.05) is 34.6 Å². The van der Waals surface area contributed by atoms with Gasteiger partial charge >= 0.3 is 0 Å². The number of hydrogen-bond acceptors (Lipinski definition) is 8. The molecule has 2 spiro atoms. The molecule has 8 heteroatoms. The minimum absolute atomic E-state index is 0.631. The van der Waals surface area contributed by atoms with Crippen molar-refractivity contribution >= 4 is 44.2 Å². The van der Waals surface area contributed by atoms with Crippen LogP contribution < -0.4 is 10.6 Å².